The second-order valence-electron chi connectivity index (χ2n) is 5.58. The number of carbonyl (C=O) groups excluding carboxylic acids is 1. The predicted molar refractivity (Wildman–Crippen MR) is 104 cm³/mol. The van der Waals surface area contributed by atoms with Crippen molar-refractivity contribution in [3.8, 4) is 0 Å². The maximum atomic E-state index is 12.6. The number of alkyl halides is 3. The minimum absolute atomic E-state index is 0. The van der Waals surface area contributed by atoms with Gasteiger partial charge in [-0.15, -0.1) is 35.3 Å². The maximum absolute atomic E-state index is 12.6. The number of hydrogen-bond donors (Lipinski definition) is 1. The first-order chi connectivity index (χ1) is 11.8. The van der Waals surface area contributed by atoms with Crippen LogP contribution in [0.1, 0.15) is 30.5 Å². The molecule has 0 unspecified atom stereocenters. The van der Waals surface area contributed by atoms with Crippen molar-refractivity contribution >= 4 is 47.2 Å². The van der Waals surface area contributed by atoms with Gasteiger partial charge < -0.3 is 15.0 Å². The van der Waals surface area contributed by atoms with Crippen molar-refractivity contribution < 1.29 is 22.7 Å². The molecule has 0 spiro atoms. The van der Waals surface area contributed by atoms with Gasteiger partial charge in [-0.25, -0.2) is 9.98 Å². The topological polar surface area (TPSA) is 66.8 Å². The van der Waals surface area contributed by atoms with Gasteiger partial charge in [0.2, 0.25) is 0 Å². The number of piperidine rings is 1. The molecule has 2 heterocycles. The number of methoxy groups -OCH3 is 1. The fourth-order valence-electron chi connectivity index (χ4n) is 2.58. The van der Waals surface area contributed by atoms with E-state index in [4.69, 9.17) is 4.74 Å². The van der Waals surface area contributed by atoms with Gasteiger partial charge in [-0.3, -0.25) is 4.79 Å². The average Bonchev–Trinajstić information content (AvgIpc) is 3.07. The molecule has 1 aliphatic rings. The normalized spacial score (nSPS) is 16.2. The lowest BCUT2D eigenvalue weighted by Gasteiger charge is -2.33. The maximum Gasteiger partial charge on any atom is 0.434 e. The van der Waals surface area contributed by atoms with Crippen LogP contribution >= 0.6 is 35.3 Å². The molecule has 0 amide bonds. The number of nitrogens with zero attached hydrogens (tertiary/aromatic N) is 3. The molecule has 1 saturated heterocycles. The smallest absolute Gasteiger partial charge is 0.434 e. The van der Waals surface area contributed by atoms with Crippen molar-refractivity contribution in [2.45, 2.75) is 32.5 Å². The SMILES string of the molecule is CCNC(=NCc1nc(C(F)(F)F)cs1)N1CCC(C(=O)OC)CC1.I. The lowest BCUT2D eigenvalue weighted by molar-refractivity contribution is -0.146. The molecule has 1 N–H and O–H groups in total. The monoisotopic (exact) mass is 506 g/mol. The fraction of sp³-hybridized carbons (Fsp3) is 0.667. The summed E-state index contributed by atoms with van der Waals surface area (Å²) >= 11 is 0.945. The number of halogens is 4. The summed E-state index contributed by atoms with van der Waals surface area (Å²) in [6, 6.07) is 0. The Kier molecular flexibility index (Phi) is 9.07. The highest BCUT2D eigenvalue weighted by Gasteiger charge is 2.33. The van der Waals surface area contributed by atoms with E-state index < -0.39 is 11.9 Å². The number of aromatic nitrogens is 1. The molecule has 1 aromatic rings. The van der Waals surface area contributed by atoms with E-state index in [0.717, 1.165) is 16.7 Å². The Bertz CT molecular complexity index is 616. The minimum Gasteiger partial charge on any atom is -0.469 e. The van der Waals surface area contributed by atoms with E-state index in [1.54, 1.807) is 0 Å². The summed E-state index contributed by atoms with van der Waals surface area (Å²) in [6.45, 7) is 3.91. The zero-order chi connectivity index (χ0) is 18.4. The summed E-state index contributed by atoms with van der Waals surface area (Å²) in [5.41, 5.74) is -0.883. The molecule has 148 valence electrons. The highest BCUT2D eigenvalue weighted by atomic mass is 127. The van der Waals surface area contributed by atoms with Gasteiger partial charge in [0.25, 0.3) is 0 Å². The first-order valence-electron chi connectivity index (χ1n) is 7.97. The summed E-state index contributed by atoms with van der Waals surface area (Å²) in [6.07, 6.45) is -3.11. The van der Waals surface area contributed by atoms with Crippen molar-refractivity contribution in [3.63, 3.8) is 0 Å². The third kappa shape index (κ3) is 6.25. The van der Waals surface area contributed by atoms with E-state index in [-0.39, 0.29) is 42.4 Å². The Balaban J connectivity index is 0.00000338. The molecule has 1 fully saturated rings. The number of nitrogens with one attached hydrogen (secondary N) is 1. The number of esters is 1. The standard InChI is InChI=1S/C15H21F3N4O2S.HI/c1-3-19-14(22-6-4-10(5-7-22)13(23)24-2)20-8-12-21-11(9-25-12)15(16,17)18;/h9-10H,3-8H2,1-2H3,(H,19,20);1H. The lowest BCUT2D eigenvalue weighted by atomic mass is 9.97. The van der Waals surface area contributed by atoms with Crippen molar-refractivity contribution in [1.29, 1.82) is 0 Å². The van der Waals surface area contributed by atoms with E-state index in [1.807, 2.05) is 11.8 Å². The van der Waals surface area contributed by atoms with Gasteiger partial charge in [-0.1, -0.05) is 0 Å². The minimum atomic E-state index is -4.43. The largest absolute Gasteiger partial charge is 0.469 e. The number of rotatable bonds is 4. The van der Waals surface area contributed by atoms with Crippen LogP contribution in [-0.2, 0) is 22.3 Å². The van der Waals surface area contributed by atoms with Crippen molar-refractivity contribution in [2.24, 2.45) is 10.9 Å². The van der Waals surface area contributed by atoms with Crippen LogP contribution in [0, 0.1) is 5.92 Å². The second kappa shape index (κ2) is 10.3. The van der Waals surface area contributed by atoms with Crippen molar-refractivity contribution in [3.05, 3.63) is 16.1 Å². The molecule has 0 aliphatic carbocycles. The van der Waals surface area contributed by atoms with Crippen LogP contribution in [-0.4, -0.2) is 48.6 Å². The molecule has 0 radical (unpaired) electrons. The van der Waals surface area contributed by atoms with E-state index >= 15 is 0 Å². The van der Waals surface area contributed by atoms with E-state index in [0.29, 0.717) is 43.4 Å². The summed E-state index contributed by atoms with van der Waals surface area (Å²) in [5.74, 6) is 0.302. The molecule has 11 heteroatoms. The summed E-state index contributed by atoms with van der Waals surface area (Å²) in [7, 11) is 1.38. The molecule has 0 bridgehead atoms. The Morgan fingerprint density at radius 2 is 2.12 bits per heavy atom. The first kappa shape index (κ1) is 22.9. The third-order valence-electron chi connectivity index (χ3n) is 3.87. The van der Waals surface area contributed by atoms with E-state index in [9.17, 15) is 18.0 Å². The average molecular weight is 506 g/mol. The molecule has 0 saturated carbocycles. The van der Waals surface area contributed by atoms with Crippen LogP contribution in [0.4, 0.5) is 13.2 Å². The van der Waals surface area contributed by atoms with Gasteiger partial charge in [-0.05, 0) is 19.8 Å². The number of aliphatic imine (C=N–C) groups is 1. The summed E-state index contributed by atoms with van der Waals surface area (Å²) in [5, 5.41) is 4.44. The van der Waals surface area contributed by atoms with Crippen LogP contribution < -0.4 is 5.32 Å². The zero-order valence-electron chi connectivity index (χ0n) is 14.5. The number of thiazole rings is 1. The first-order valence-corrected chi connectivity index (χ1v) is 8.85. The molecule has 2 rings (SSSR count). The molecule has 26 heavy (non-hydrogen) atoms. The zero-order valence-corrected chi connectivity index (χ0v) is 17.7. The number of likely N-dealkylation sites (tertiary alicyclic amines) is 1. The van der Waals surface area contributed by atoms with Gasteiger partial charge in [0, 0.05) is 25.0 Å². The molecular formula is C15H22F3IN4O2S. The van der Waals surface area contributed by atoms with Gasteiger partial charge in [0.05, 0.1) is 19.6 Å². The van der Waals surface area contributed by atoms with Crippen LogP contribution in [0.15, 0.2) is 10.4 Å². The number of guanidine groups is 1. The van der Waals surface area contributed by atoms with Crippen molar-refractivity contribution in [2.75, 3.05) is 26.7 Å². The molecule has 0 aromatic carbocycles. The van der Waals surface area contributed by atoms with E-state index in [2.05, 4.69) is 15.3 Å². The molecule has 0 atom stereocenters. The second-order valence-corrected chi connectivity index (χ2v) is 6.52. The molecular weight excluding hydrogens is 484 g/mol. The Hall–Kier alpha value is -1.11. The Morgan fingerprint density at radius 1 is 1.46 bits per heavy atom. The molecule has 6 nitrogen and oxygen atoms in total. The van der Waals surface area contributed by atoms with Crippen LogP contribution in [0.25, 0.3) is 0 Å². The fourth-order valence-corrected chi connectivity index (χ4v) is 3.30. The van der Waals surface area contributed by atoms with Crippen molar-refractivity contribution in [1.82, 2.24) is 15.2 Å². The number of ether oxygens (including phenoxy) is 1. The molecule has 1 aromatic heterocycles. The van der Waals surface area contributed by atoms with Gasteiger partial charge in [0.1, 0.15) is 5.01 Å². The molecule has 1 aliphatic heterocycles. The van der Waals surface area contributed by atoms with Gasteiger partial charge in [0.15, 0.2) is 11.7 Å². The quantitative estimate of drug-likeness (QED) is 0.294. The van der Waals surface area contributed by atoms with Crippen LogP contribution in [0.2, 0.25) is 0 Å². The lowest BCUT2D eigenvalue weighted by Crippen LogP contribution is -2.46. The third-order valence-corrected chi connectivity index (χ3v) is 4.70. The highest BCUT2D eigenvalue weighted by molar-refractivity contribution is 14.0. The van der Waals surface area contributed by atoms with Gasteiger partial charge >= 0.3 is 12.1 Å². The number of carbonyl (C=O) groups is 1. The number of hydrogen-bond acceptors (Lipinski definition) is 5. The van der Waals surface area contributed by atoms with E-state index in [1.165, 1.54) is 7.11 Å². The van der Waals surface area contributed by atoms with Crippen LogP contribution in [0.5, 0.6) is 0 Å². The highest BCUT2D eigenvalue weighted by Crippen LogP contribution is 2.30. The van der Waals surface area contributed by atoms with Crippen LogP contribution in [0.3, 0.4) is 0 Å². The van der Waals surface area contributed by atoms with Gasteiger partial charge in [-0.2, -0.15) is 13.2 Å². The Labute approximate surface area is 171 Å². The predicted octanol–water partition coefficient (Wildman–Crippen LogP) is 3.13. The summed E-state index contributed by atoms with van der Waals surface area (Å²) < 4.78 is 42.5. The Morgan fingerprint density at radius 3 is 2.62 bits per heavy atom. The summed E-state index contributed by atoms with van der Waals surface area (Å²) in [4.78, 5) is 21.6.